The number of carboxylic acids is 1. The number of hydrogen-bond acceptors (Lipinski definition) is 7. The van der Waals surface area contributed by atoms with Gasteiger partial charge in [0.25, 0.3) is 0 Å². The second kappa shape index (κ2) is 47.3. The van der Waals surface area contributed by atoms with Crippen LogP contribution in [0.4, 0.5) is 0 Å². The number of carboxylic acid groups (broad SMARTS) is 1. The number of unbranched alkanes of at least 4 members (excludes halogenated alkanes) is 21. The Morgan fingerprint density at radius 2 is 0.862 bits per heavy atom. The van der Waals surface area contributed by atoms with Crippen LogP contribution in [-0.4, -0.2) is 75.5 Å². The lowest BCUT2D eigenvalue weighted by molar-refractivity contribution is -0.889. The van der Waals surface area contributed by atoms with Gasteiger partial charge in [-0.05, 0) is 83.5 Å². The first-order valence-electron chi connectivity index (χ1n) is 26.5. The molecule has 0 aromatic heterocycles. The summed E-state index contributed by atoms with van der Waals surface area (Å²) in [4.78, 5) is 37.1. The Morgan fingerprint density at radius 3 is 1.28 bits per heavy atom. The van der Waals surface area contributed by atoms with Crippen LogP contribution in [0, 0.1) is 0 Å². The fourth-order valence-electron chi connectivity index (χ4n) is 7.50. The first kappa shape index (κ1) is 61.8. The second-order valence-electron chi connectivity index (χ2n) is 18.7. The number of allylic oxidation sites excluding steroid dienone is 12. The number of likely N-dealkylation sites (N-methyl/N-ethyl adjacent to an activating group) is 1. The van der Waals surface area contributed by atoms with Crippen molar-refractivity contribution in [3.63, 3.8) is 0 Å². The van der Waals surface area contributed by atoms with E-state index in [1.165, 1.54) is 103 Å². The number of carbonyl (C=O) groups is 3. The lowest BCUT2D eigenvalue weighted by atomic mass is 10.0. The molecule has 8 nitrogen and oxygen atoms in total. The molecule has 0 saturated heterocycles. The smallest absolute Gasteiger partial charge is 0.306 e. The molecule has 0 saturated carbocycles. The quantitative estimate of drug-likeness (QED) is 0.0259. The second-order valence-corrected chi connectivity index (χ2v) is 18.7. The molecule has 0 aromatic rings. The Bertz CT molecular complexity index is 1290. The van der Waals surface area contributed by atoms with E-state index < -0.39 is 18.1 Å². The van der Waals surface area contributed by atoms with Crippen LogP contribution < -0.4 is 5.11 Å². The zero-order valence-electron chi connectivity index (χ0n) is 42.6. The van der Waals surface area contributed by atoms with Crippen molar-refractivity contribution in [2.75, 3.05) is 41.0 Å². The molecule has 0 fully saturated rings. The molecule has 2 atom stereocenters. The Kier molecular flexibility index (Phi) is 44.9. The average Bonchev–Trinajstić information content (AvgIpc) is 3.27. The summed E-state index contributed by atoms with van der Waals surface area (Å²) in [5.74, 6) is -1.75. The van der Waals surface area contributed by atoms with E-state index in [2.05, 4.69) is 86.8 Å². The summed E-state index contributed by atoms with van der Waals surface area (Å²) in [5.41, 5.74) is 0. The van der Waals surface area contributed by atoms with Crippen molar-refractivity contribution < 1.29 is 38.2 Å². The summed E-state index contributed by atoms with van der Waals surface area (Å²) in [7, 11) is 5.41. The van der Waals surface area contributed by atoms with Crippen LogP contribution in [0.2, 0.25) is 0 Å². The summed E-state index contributed by atoms with van der Waals surface area (Å²) >= 11 is 0. The van der Waals surface area contributed by atoms with Crippen molar-refractivity contribution in [2.24, 2.45) is 0 Å². The molecule has 0 amide bonds. The summed E-state index contributed by atoms with van der Waals surface area (Å²) in [5, 5.41) is 11.7. The highest BCUT2D eigenvalue weighted by atomic mass is 16.6. The van der Waals surface area contributed by atoms with E-state index in [9.17, 15) is 19.5 Å². The molecule has 8 heteroatoms. The van der Waals surface area contributed by atoms with Gasteiger partial charge in [0.15, 0.2) is 6.10 Å². The standard InChI is InChI=1S/C57H99NO7/c1-6-8-10-12-14-16-18-20-22-24-26-27-28-29-30-32-34-36-38-40-42-44-46-48-56(60)65-53(51-63-50-49-54(57(61)62)58(3,4)5)52-64-55(59)47-45-43-41-39-37-35-33-31-25-23-21-19-17-15-13-11-9-7-2/h8,10,14,16-17,19-20,22-23,25-27,53-54H,6-7,9,11-13,15,18,21,24,28-52H2,1-5H3/b10-8-,16-14-,19-17-,22-20-,25-23-,27-26-. The Morgan fingerprint density at radius 1 is 0.477 bits per heavy atom. The summed E-state index contributed by atoms with van der Waals surface area (Å²) in [6.45, 7) is 4.53. The van der Waals surface area contributed by atoms with Crippen molar-refractivity contribution in [3.05, 3.63) is 72.9 Å². The summed E-state index contributed by atoms with van der Waals surface area (Å²) < 4.78 is 17.3. The highest BCUT2D eigenvalue weighted by Crippen LogP contribution is 2.15. The van der Waals surface area contributed by atoms with E-state index in [1.54, 1.807) is 21.1 Å². The minimum absolute atomic E-state index is 0.0341. The molecule has 374 valence electrons. The van der Waals surface area contributed by atoms with Gasteiger partial charge in [-0.2, -0.15) is 0 Å². The van der Waals surface area contributed by atoms with Crippen LogP contribution in [0.15, 0.2) is 72.9 Å². The van der Waals surface area contributed by atoms with E-state index >= 15 is 0 Å². The number of quaternary nitrogens is 1. The normalized spacial score (nSPS) is 13.4. The van der Waals surface area contributed by atoms with Gasteiger partial charge in [0.1, 0.15) is 12.6 Å². The van der Waals surface area contributed by atoms with Crippen molar-refractivity contribution in [2.45, 2.75) is 231 Å². The molecular formula is C57H99NO7. The molecule has 0 aliphatic heterocycles. The Balaban J connectivity index is 4.25. The molecule has 0 aliphatic carbocycles. The highest BCUT2D eigenvalue weighted by molar-refractivity contribution is 5.70. The third-order valence-corrected chi connectivity index (χ3v) is 11.6. The lowest BCUT2D eigenvalue weighted by Crippen LogP contribution is -2.55. The SMILES string of the molecule is CC/C=C\C/C=C\C/C=C\C/C=C\CCCCCCCCCCCCC(=O)OC(COCCC(C(=O)[O-])[N+](C)(C)C)COC(=O)CCCCCCCCC/C=C\C/C=C\CCCCCC. The van der Waals surface area contributed by atoms with E-state index in [-0.39, 0.29) is 42.7 Å². The zero-order valence-corrected chi connectivity index (χ0v) is 42.6. The van der Waals surface area contributed by atoms with Gasteiger partial charge < -0.3 is 28.6 Å². The number of hydrogen-bond donors (Lipinski definition) is 0. The summed E-state index contributed by atoms with van der Waals surface area (Å²) in [6, 6.07) is -0.731. The molecule has 0 aromatic carbocycles. The molecule has 2 unspecified atom stereocenters. The maximum absolute atomic E-state index is 12.8. The first-order valence-corrected chi connectivity index (χ1v) is 26.5. The van der Waals surface area contributed by atoms with E-state index in [0.29, 0.717) is 12.8 Å². The summed E-state index contributed by atoms with van der Waals surface area (Å²) in [6.07, 6.45) is 60.7. The van der Waals surface area contributed by atoms with Gasteiger partial charge in [-0.3, -0.25) is 9.59 Å². The lowest BCUT2D eigenvalue weighted by Gasteiger charge is -2.34. The van der Waals surface area contributed by atoms with E-state index in [1.807, 2.05) is 0 Å². The molecule has 0 spiro atoms. The average molecular weight is 910 g/mol. The van der Waals surface area contributed by atoms with Gasteiger partial charge in [0.05, 0.1) is 40.3 Å². The fraction of sp³-hybridized carbons (Fsp3) is 0.737. The fourth-order valence-corrected chi connectivity index (χ4v) is 7.50. The van der Waals surface area contributed by atoms with Crippen LogP contribution in [0.1, 0.15) is 219 Å². The van der Waals surface area contributed by atoms with E-state index in [0.717, 1.165) is 83.5 Å². The number of carbonyl (C=O) groups excluding carboxylic acids is 3. The van der Waals surface area contributed by atoms with Crippen LogP contribution in [0.25, 0.3) is 0 Å². The number of ether oxygens (including phenoxy) is 3. The van der Waals surface area contributed by atoms with Gasteiger partial charge in [0, 0.05) is 19.3 Å². The maximum Gasteiger partial charge on any atom is 0.306 e. The topological polar surface area (TPSA) is 102 Å². The molecule has 0 rings (SSSR count). The largest absolute Gasteiger partial charge is 0.544 e. The van der Waals surface area contributed by atoms with Crippen molar-refractivity contribution in [1.82, 2.24) is 0 Å². The molecule has 0 aliphatic rings. The molecule has 65 heavy (non-hydrogen) atoms. The van der Waals surface area contributed by atoms with Gasteiger partial charge in [-0.1, -0.05) is 189 Å². The number of rotatable bonds is 47. The first-order chi connectivity index (χ1) is 31.6. The van der Waals surface area contributed by atoms with Gasteiger partial charge in [0.2, 0.25) is 0 Å². The van der Waals surface area contributed by atoms with Crippen molar-refractivity contribution >= 4 is 17.9 Å². The predicted molar refractivity (Wildman–Crippen MR) is 272 cm³/mol. The van der Waals surface area contributed by atoms with Crippen LogP contribution in [-0.2, 0) is 28.6 Å². The zero-order chi connectivity index (χ0) is 47.7. The van der Waals surface area contributed by atoms with Gasteiger partial charge in [-0.25, -0.2) is 0 Å². The minimum atomic E-state index is -1.13. The number of esters is 2. The van der Waals surface area contributed by atoms with Gasteiger partial charge in [-0.15, -0.1) is 0 Å². The van der Waals surface area contributed by atoms with E-state index in [4.69, 9.17) is 14.2 Å². The molecular weight excluding hydrogens is 811 g/mol. The number of nitrogens with zero attached hydrogens (tertiary/aromatic N) is 1. The monoisotopic (exact) mass is 910 g/mol. The third-order valence-electron chi connectivity index (χ3n) is 11.6. The van der Waals surface area contributed by atoms with Crippen molar-refractivity contribution in [1.29, 1.82) is 0 Å². The minimum Gasteiger partial charge on any atom is -0.544 e. The van der Waals surface area contributed by atoms with Crippen LogP contribution in [0.5, 0.6) is 0 Å². The molecule has 0 heterocycles. The Labute approximate surface area is 400 Å². The maximum atomic E-state index is 12.8. The highest BCUT2D eigenvalue weighted by Gasteiger charge is 2.25. The van der Waals surface area contributed by atoms with Crippen LogP contribution >= 0.6 is 0 Å². The molecule has 0 N–H and O–H groups in total. The number of aliphatic carboxylic acids is 1. The Hall–Kier alpha value is -3.23. The predicted octanol–water partition coefficient (Wildman–Crippen LogP) is 14.1. The van der Waals surface area contributed by atoms with Crippen molar-refractivity contribution in [3.8, 4) is 0 Å². The van der Waals surface area contributed by atoms with Gasteiger partial charge >= 0.3 is 11.9 Å². The third kappa shape index (κ3) is 45.7. The molecule has 0 radical (unpaired) electrons. The molecule has 0 bridgehead atoms. The van der Waals surface area contributed by atoms with Crippen LogP contribution in [0.3, 0.4) is 0 Å².